The van der Waals surface area contributed by atoms with E-state index in [2.05, 4.69) is 0 Å². The van der Waals surface area contributed by atoms with E-state index < -0.39 is 12.2 Å². The number of rotatable bonds is 10. The lowest BCUT2D eigenvalue weighted by atomic mass is 9.90. The molecule has 0 amide bonds. The molecule has 0 saturated carbocycles. The van der Waals surface area contributed by atoms with Crippen molar-refractivity contribution in [3.8, 4) is 0 Å². The summed E-state index contributed by atoms with van der Waals surface area (Å²) in [4.78, 5) is 0. The van der Waals surface area contributed by atoms with E-state index in [1.165, 1.54) is 0 Å². The van der Waals surface area contributed by atoms with Crippen molar-refractivity contribution < 1.29 is 24.4 Å². The first kappa shape index (κ1) is 20.8. The van der Waals surface area contributed by atoms with Crippen LogP contribution in [-0.4, -0.2) is 62.1 Å². The Morgan fingerprint density at radius 2 is 0.905 bits per heavy atom. The van der Waals surface area contributed by atoms with Gasteiger partial charge in [0.25, 0.3) is 0 Å². The van der Waals surface area contributed by atoms with E-state index in [-0.39, 0.29) is 10.8 Å². The van der Waals surface area contributed by atoms with Crippen LogP contribution in [0.2, 0.25) is 0 Å². The van der Waals surface area contributed by atoms with Crippen molar-refractivity contribution in [2.24, 2.45) is 10.8 Å². The van der Waals surface area contributed by atoms with Crippen LogP contribution in [0.1, 0.15) is 41.5 Å². The molecule has 21 heavy (non-hydrogen) atoms. The molecule has 0 spiro atoms. The minimum absolute atomic E-state index is 0.164. The molecule has 5 heteroatoms. The van der Waals surface area contributed by atoms with Gasteiger partial charge in [-0.05, 0) is 10.8 Å². The summed E-state index contributed by atoms with van der Waals surface area (Å²) in [6.07, 6.45) is -0.945. The van der Waals surface area contributed by atoms with E-state index in [1.54, 1.807) is 0 Å². The molecule has 128 valence electrons. The normalized spacial score (nSPS) is 16.0. The Labute approximate surface area is 129 Å². The second kappa shape index (κ2) is 9.74. The standard InChI is InChI=1S/C16H34O5/c1-15(2,3)13(17)11-20-9-7-19-8-10-21-12-14(18)16(4,5)6/h13-14,17-18H,7-12H2,1-6H3/t13-,14-/m1/s1. The topological polar surface area (TPSA) is 68.2 Å². The molecule has 0 aliphatic heterocycles. The van der Waals surface area contributed by atoms with Gasteiger partial charge >= 0.3 is 0 Å². The Morgan fingerprint density at radius 1 is 0.619 bits per heavy atom. The van der Waals surface area contributed by atoms with Crippen LogP contribution >= 0.6 is 0 Å². The summed E-state index contributed by atoms with van der Waals surface area (Å²) in [5, 5.41) is 19.5. The van der Waals surface area contributed by atoms with Crippen molar-refractivity contribution >= 4 is 0 Å². The van der Waals surface area contributed by atoms with Gasteiger partial charge in [0.05, 0.1) is 51.8 Å². The zero-order chi connectivity index (χ0) is 16.5. The predicted molar refractivity (Wildman–Crippen MR) is 83.4 cm³/mol. The highest BCUT2D eigenvalue weighted by Crippen LogP contribution is 2.19. The van der Waals surface area contributed by atoms with Crippen LogP contribution in [0.4, 0.5) is 0 Å². The molecule has 0 aromatic rings. The van der Waals surface area contributed by atoms with E-state index in [4.69, 9.17) is 14.2 Å². The van der Waals surface area contributed by atoms with Gasteiger partial charge in [-0.1, -0.05) is 41.5 Å². The monoisotopic (exact) mass is 306 g/mol. The van der Waals surface area contributed by atoms with Gasteiger partial charge in [0.1, 0.15) is 0 Å². The highest BCUT2D eigenvalue weighted by Gasteiger charge is 2.22. The quantitative estimate of drug-likeness (QED) is 0.603. The zero-order valence-corrected chi connectivity index (χ0v) is 14.5. The van der Waals surface area contributed by atoms with E-state index in [0.29, 0.717) is 39.6 Å². The van der Waals surface area contributed by atoms with Crippen LogP contribution in [0.25, 0.3) is 0 Å². The van der Waals surface area contributed by atoms with Crippen molar-refractivity contribution in [3.05, 3.63) is 0 Å². The number of ether oxygens (including phenoxy) is 3. The third kappa shape index (κ3) is 11.1. The summed E-state index contributed by atoms with van der Waals surface area (Å²) < 4.78 is 16.1. The summed E-state index contributed by atoms with van der Waals surface area (Å²) in [6, 6.07) is 0. The molecule has 0 aromatic heterocycles. The Balaban J connectivity index is 3.38. The smallest absolute Gasteiger partial charge is 0.0821 e. The summed E-state index contributed by atoms with van der Waals surface area (Å²) in [7, 11) is 0. The summed E-state index contributed by atoms with van der Waals surface area (Å²) >= 11 is 0. The highest BCUT2D eigenvalue weighted by atomic mass is 16.5. The van der Waals surface area contributed by atoms with Crippen molar-refractivity contribution in [1.29, 1.82) is 0 Å². The fourth-order valence-corrected chi connectivity index (χ4v) is 1.23. The Hall–Kier alpha value is -0.200. The predicted octanol–water partition coefficient (Wildman–Crippen LogP) is 1.85. The maximum atomic E-state index is 9.77. The number of hydrogen-bond donors (Lipinski definition) is 2. The third-order valence-electron chi connectivity index (χ3n) is 3.29. The van der Waals surface area contributed by atoms with Gasteiger partial charge in [-0.15, -0.1) is 0 Å². The molecule has 5 nitrogen and oxygen atoms in total. The van der Waals surface area contributed by atoms with Gasteiger partial charge < -0.3 is 24.4 Å². The van der Waals surface area contributed by atoms with Gasteiger partial charge in [-0.25, -0.2) is 0 Å². The first-order chi connectivity index (χ1) is 9.55. The van der Waals surface area contributed by atoms with Gasteiger partial charge in [0.2, 0.25) is 0 Å². The molecule has 0 bridgehead atoms. The summed E-state index contributed by atoms with van der Waals surface area (Å²) in [6.45, 7) is 14.3. The Morgan fingerprint density at radius 3 is 1.19 bits per heavy atom. The first-order valence-corrected chi connectivity index (χ1v) is 7.64. The zero-order valence-electron chi connectivity index (χ0n) is 14.5. The van der Waals surface area contributed by atoms with Gasteiger partial charge in [-0.3, -0.25) is 0 Å². The van der Waals surface area contributed by atoms with Crippen LogP contribution in [-0.2, 0) is 14.2 Å². The largest absolute Gasteiger partial charge is 0.390 e. The molecule has 2 N–H and O–H groups in total. The van der Waals surface area contributed by atoms with Gasteiger partial charge in [-0.2, -0.15) is 0 Å². The molecule has 0 saturated heterocycles. The van der Waals surface area contributed by atoms with Gasteiger partial charge in [0, 0.05) is 0 Å². The molecule has 0 fully saturated rings. The highest BCUT2D eigenvalue weighted by molar-refractivity contribution is 4.72. The number of aliphatic hydroxyl groups excluding tert-OH is 2. The van der Waals surface area contributed by atoms with Crippen LogP contribution in [0.15, 0.2) is 0 Å². The number of hydrogen-bond acceptors (Lipinski definition) is 5. The minimum Gasteiger partial charge on any atom is -0.390 e. The second-order valence-electron chi connectivity index (χ2n) is 7.53. The fourth-order valence-electron chi connectivity index (χ4n) is 1.23. The Bertz CT molecular complexity index is 228. The lowest BCUT2D eigenvalue weighted by molar-refractivity contribution is -0.0522. The average Bonchev–Trinajstić information content (AvgIpc) is 2.33. The SMILES string of the molecule is CC(C)(C)[C@H](O)COCCOCCOC[C@@H](O)C(C)(C)C. The minimum atomic E-state index is -0.472. The van der Waals surface area contributed by atoms with Crippen LogP contribution in [0.5, 0.6) is 0 Å². The molecule has 0 heterocycles. The summed E-state index contributed by atoms with van der Waals surface area (Å²) in [5.41, 5.74) is -0.328. The third-order valence-corrected chi connectivity index (χ3v) is 3.29. The van der Waals surface area contributed by atoms with Gasteiger partial charge in [0.15, 0.2) is 0 Å². The van der Waals surface area contributed by atoms with Crippen molar-refractivity contribution in [2.45, 2.75) is 53.8 Å². The van der Waals surface area contributed by atoms with Crippen LogP contribution in [0, 0.1) is 10.8 Å². The van der Waals surface area contributed by atoms with Crippen molar-refractivity contribution in [1.82, 2.24) is 0 Å². The van der Waals surface area contributed by atoms with Crippen LogP contribution in [0.3, 0.4) is 0 Å². The molecule has 0 unspecified atom stereocenters. The summed E-state index contributed by atoms with van der Waals surface area (Å²) in [5.74, 6) is 0. The maximum Gasteiger partial charge on any atom is 0.0821 e. The van der Waals surface area contributed by atoms with E-state index >= 15 is 0 Å². The molecular weight excluding hydrogens is 272 g/mol. The van der Waals surface area contributed by atoms with Crippen LogP contribution < -0.4 is 0 Å². The average molecular weight is 306 g/mol. The van der Waals surface area contributed by atoms with Crippen molar-refractivity contribution in [3.63, 3.8) is 0 Å². The second-order valence-corrected chi connectivity index (χ2v) is 7.53. The van der Waals surface area contributed by atoms with E-state index in [0.717, 1.165) is 0 Å². The van der Waals surface area contributed by atoms with E-state index in [9.17, 15) is 10.2 Å². The molecule has 0 rings (SSSR count). The molecule has 2 atom stereocenters. The maximum absolute atomic E-state index is 9.77. The number of aliphatic hydroxyl groups is 2. The molecule has 0 aliphatic rings. The molecule has 0 radical (unpaired) electrons. The van der Waals surface area contributed by atoms with E-state index in [1.807, 2.05) is 41.5 Å². The Kier molecular flexibility index (Phi) is 9.65. The first-order valence-electron chi connectivity index (χ1n) is 7.64. The fraction of sp³-hybridized carbons (Fsp3) is 1.00. The van der Waals surface area contributed by atoms with Crippen molar-refractivity contribution in [2.75, 3.05) is 39.6 Å². The molecule has 0 aromatic carbocycles. The lowest BCUT2D eigenvalue weighted by Gasteiger charge is -2.25. The lowest BCUT2D eigenvalue weighted by Crippen LogP contribution is -2.31. The molecule has 0 aliphatic carbocycles. The molecular formula is C16H34O5.